The van der Waals surface area contributed by atoms with Crippen LogP contribution in [0.1, 0.15) is 45.6 Å². The monoisotopic (exact) mass is 421 g/mol. The van der Waals surface area contributed by atoms with E-state index in [9.17, 15) is 18.0 Å². The van der Waals surface area contributed by atoms with Crippen molar-refractivity contribution < 1.29 is 18.0 Å². The van der Waals surface area contributed by atoms with Crippen LogP contribution < -0.4 is 10.6 Å². The lowest BCUT2D eigenvalue weighted by molar-refractivity contribution is -0.136. The van der Waals surface area contributed by atoms with Crippen LogP contribution in [0.15, 0.2) is 30.5 Å². The summed E-state index contributed by atoms with van der Waals surface area (Å²) < 4.78 is 40.3. The second kappa shape index (κ2) is 8.53. The Balaban J connectivity index is 1.85. The molecule has 1 aliphatic rings. The second-order valence-electron chi connectivity index (χ2n) is 9.43. The van der Waals surface area contributed by atoms with Gasteiger partial charge in [0.25, 0.3) is 0 Å². The van der Waals surface area contributed by atoms with Gasteiger partial charge in [-0.2, -0.15) is 13.2 Å². The predicted molar refractivity (Wildman–Crippen MR) is 113 cm³/mol. The average Bonchev–Trinajstić information content (AvgIpc) is 2.65. The summed E-state index contributed by atoms with van der Waals surface area (Å²) in [5, 5.41) is 0.496. The highest BCUT2D eigenvalue weighted by Crippen LogP contribution is 2.39. The number of ketones is 1. The Labute approximate surface area is 175 Å². The van der Waals surface area contributed by atoms with E-state index in [0.717, 1.165) is 24.7 Å². The number of aromatic nitrogens is 1. The number of carbonyl (C=O) groups excluding carboxylic acids is 1. The zero-order valence-electron chi connectivity index (χ0n) is 17.8. The maximum absolute atomic E-state index is 13.4. The molecule has 164 valence electrons. The fourth-order valence-electron chi connectivity index (χ4n) is 4.49. The highest BCUT2D eigenvalue weighted by molar-refractivity contribution is 5.94. The number of alkyl halides is 3. The first-order valence-corrected chi connectivity index (χ1v) is 10.4. The molecule has 2 aromatic rings. The van der Waals surface area contributed by atoms with Gasteiger partial charge in [-0.15, -0.1) is 0 Å². The van der Waals surface area contributed by atoms with Gasteiger partial charge >= 0.3 is 6.18 Å². The number of carbonyl (C=O) groups is 1. The lowest BCUT2D eigenvalue weighted by atomic mass is 9.81. The number of anilines is 1. The highest BCUT2D eigenvalue weighted by Gasteiger charge is 2.35. The van der Waals surface area contributed by atoms with E-state index in [-0.39, 0.29) is 22.6 Å². The quantitative estimate of drug-likeness (QED) is 0.709. The first kappa shape index (κ1) is 22.5. The van der Waals surface area contributed by atoms with Crippen LogP contribution in [0.25, 0.3) is 10.9 Å². The molecular weight excluding hydrogens is 391 g/mol. The van der Waals surface area contributed by atoms with Crippen molar-refractivity contribution in [2.45, 2.75) is 46.2 Å². The van der Waals surface area contributed by atoms with E-state index < -0.39 is 11.7 Å². The van der Waals surface area contributed by atoms with Gasteiger partial charge in [0.05, 0.1) is 11.1 Å². The Morgan fingerprint density at radius 3 is 2.63 bits per heavy atom. The van der Waals surface area contributed by atoms with Gasteiger partial charge in [0, 0.05) is 43.2 Å². The van der Waals surface area contributed by atoms with E-state index in [1.54, 1.807) is 18.2 Å². The third-order valence-electron chi connectivity index (χ3n) is 5.88. The number of fused-ring (bicyclic) bond motifs is 1. The van der Waals surface area contributed by atoms with Gasteiger partial charge in [-0.3, -0.25) is 9.78 Å². The number of nitrogens with zero attached hydrogens (tertiary/aromatic N) is 2. The molecule has 7 heteroatoms. The number of benzene rings is 1. The van der Waals surface area contributed by atoms with Crippen LogP contribution in [0.4, 0.5) is 18.9 Å². The largest absolute Gasteiger partial charge is 0.418 e. The van der Waals surface area contributed by atoms with E-state index in [2.05, 4.69) is 16.8 Å². The minimum absolute atomic E-state index is 0.0296. The van der Waals surface area contributed by atoms with E-state index >= 15 is 0 Å². The highest BCUT2D eigenvalue weighted by atomic mass is 19.4. The standard InChI is InChI=1S/C23H30F3N3O/c1-15-9-16(10-17(30)11-22(2,3)14-27)13-29(12-15)20-7-6-19(23(24,25)26)21-18(20)5-4-8-28-21/h4-8,15-16H,9-14,27H2,1-3H3/t15-,16-/m0/s1. The molecule has 1 aromatic carbocycles. The molecule has 30 heavy (non-hydrogen) atoms. The average molecular weight is 422 g/mol. The van der Waals surface area contributed by atoms with Crippen molar-refractivity contribution in [3.05, 3.63) is 36.0 Å². The van der Waals surface area contributed by atoms with Crippen LogP contribution in [0.3, 0.4) is 0 Å². The summed E-state index contributed by atoms with van der Waals surface area (Å²) in [5.74, 6) is 0.709. The molecule has 4 nitrogen and oxygen atoms in total. The van der Waals surface area contributed by atoms with Crippen LogP contribution in [-0.4, -0.2) is 30.4 Å². The Morgan fingerprint density at radius 2 is 1.97 bits per heavy atom. The summed E-state index contributed by atoms with van der Waals surface area (Å²) in [7, 11) is 0. The van der Waals surface area contributed by atoms with Crippen molar-refractivity contribution >= 4 is 22.4 Å². The fourth-order valence-corrected chi connectivity index (χ4v) is 4.49. The molecule has 3 rings (SSSR count). The molecular formula is C23H30F3N3O. The summed E-state index contributed by atoms with van der Waals surface area (Å²) in [6.45, 7) is 7.95. The third-order valence-corrected chi connectivity index (χ3v) is 5.88. The number of hydrogen-bond donors (Lipinski definition) is 1. The fraction of sp³-hybridized carbons (Fsp3) is 0.565. The first-order valence-electron chi connectivity index (χ1n) is 10.4. The Bertz CT molecular complexity index is 910. The van der Waals surface area contributed by atoms with Crippen LogP contribution in [0, 0.1) is 17.3 Å². The lowest BCUT2D eigenvalue weighted by Gasteiger charge is -2.38. The molecule has 0 bridgehead atoms. The van der Waals surface area contributed by atoms with Crippen LogP contribution in [-0.2, 0) is 11.0 Å². The van der Waals surface area contributed by atoms with Crippen molar-refractivity contribution in [1.29, 1.82) is 0 Å². The molecule has 1 fully saturated rings. The second-order valence-corrected chi connectivity index (χ2v) is 9.43. The van der Waals surface area contributed by atoms with Crippen LogP contribution in [0.5, 0.6) is 0 Å². The van der Waals surface area contributed by atoms with Gasteiger partial charge in [0.1, 0.15) is 5.78 Å². The molecule has 0 radical (unpaired) electrons. The minimum atomic E-state index is -4.45. The molecule has 2 atom stereocenters. The number of hydrogen-bond acceptors (Lipinski definition) is 4. The number of pyridine rings is 1. The van der Waals surface area contributed by atoms with Crippen LogP contribution >= 0.6 is 0 Å². The van der Waals surface area contributed by atoms with Gasteiger partial charge in [-0.25, -0.2) is 0 Å². The molecule has 1 aromatic heterocycles. The number of Topliss-reactive ketones (excluding diaryl/α,β-unsaturated/α-hetero) is 1. The Morgan fingerprint density at radius 1 is 1.23 bits per heavy atom. The first-order chi connectivity index (χ1) is 14.0. The van der Waals surface area contributed by atoms with E-state index in [1.165, 1.54) is 6.20 Å². The summed E-state index contributed by atoms with van der Waals surface area (Å²) in [5.41, 5.74) is 5.54. The summed E-state index contributed by atoms with van der Waals surface area (Å²) in [6.07, 6.45) is -1.21. The van der Waals surface area contributed by atoms with E-state index in [1.807, 2.05) is 13.8 Å². The SMILES string of the molecule is C[C@H]1C[C@@H](CC(=O)CC(C)(C)CN)CN(c2ccc(C(F)(F)F)c3ncccc23)C1. The number of rotatable bonds is 6. The van der Waals surface area contributed by atoms with Gasteiger partial charge in [0.15, 0.2) is 0 Å². The molecule has 0 aliphatic carbocycles. The maximum atomic E-state index is 13.4. The Kier molecular flexibility index (Phi) is 6.41. The minimum Gasteiger partial charge on any atom is -0.370 e. The Hall–Kier alpha value is -2.15. The van der Waals surface area contributed by atoms with E-state index in [0.29, 0.717) is 37.2 Å². The van der Waals surface area contributed by atoms with Crippen molar-refractivity contribution in [3.8, 4) is 0 Å². The molecule has 0 saturated carbocycles. The molecule has 1 aliphatic heterocycles. The lowest BCUT2D eigenvalue weighted by Crippen LogP contribution is -2.41. The number of halogens is 3. The molecule has 0 unspecified atom stereocenters. The number of nitrogens with two attached hydrogens (primary N) is 1. The van der Waals surface area contributed by atoms with Gasteiger partial charge in [0.2, 0.25) is 0 Å². The van der Waals surface area contributed by atoms with Crippen molar-refractivity contribution in [1.82, 2.24) is 4.98 Å². The normalized spacial score (nSPS) is 20.6. The zero-order valence-corrected chi connectivity index (χ0v) is 17.8. The van der Waals surface area contributed by atoms with Crippen molar-refractivity contribution in [2.75, 3.05) is 24.5 Å². The third kappa shape index (κ3) is 5.12. The van der Waals surface area contributed by atoms with Crippen molar-refractivity contribution in [3.63, 3.8) is 0 Å². The molecule has 2 N–H and O–H groups in total. The molecule has 1 saturated heterocycles. The molecule has 0 spiro atoms. The summed E-state index contributed by atoms with van der Waals surface area (Å²) in [4.78, 5) is 18.7. The maximum Gasteiger partial charge on any atom is 0.418 e. The van der Waals surface area contributed by atoms with Crippen molar-refractivity contribution in [2.24, 2.45) is 23.0 Å². The van der Waals surface area contributed by atoms with Gasteiger partial charge in [-0.1, -0.05) is 20.8 Å². The van der Waals surface area contributed by atoms with E-state index in [4.69, 9.17) is 5.73 Å². The van der Waals surface area contributed by atoms with Crippen LogP contribution in [0.2, 0.25) is 0 Å². The smallest absolute Gasteiger partial charge is 0.370 e. The van der Waals surface area contributed by atoms with Gasteiger partial charge in [-0.05, 0) is 54.5 Å². The van der Waals surface area contributed by atoms with Gasteiger partial charge < -0.3 is 10.6 Å². The predicted octanol–water partition coefficient (Wildman–Crippen LogP) is 5.05. The number of piperidine rings is 1. The summed E-state index contributed by atoms with van der Waals surface area (Å²) >= 11 is 0. The topological polar surface area (TPSA) is 59.2 Å². The summed E-state index contributed by atoms with van der Waals surface area (Å²) in [6, 6.07) is 6.01. The zero-order chi connectivity index (χ0) is 22.1. The molecule has 0 amide bonds. The molecule has 2 heterocycles.